The molecule has 0 bridgehead atoms. The highest BCUT2D eigenvalue weighted by atomic mass is 16.5. The number of hydrogen-bond acceptors (Lipinski definition) is 4. The molecule has 1 atom stereocenters. The van der Waals surface area contributed by atoms with E-state index in [0.29, 0.717) is 17.9 Å². The van der Waals surface area contributed by atoms with Crippen molar-refractivity contribution in [3.63, 3.8) is 0 Å². The number of nitrogens with zero attached hydrogens (tertiary/aromatic N) is 1. The van der Waals surface area contributed by atoms with Gasteiger partial charge in [0.15, 0.2) is 0 Å². The number of fused-ring (bicyclic) bond motifs is 1. The van der Waals surface area contributed by atoms with Crippen LogP contribution in [0.4, 0.5) is 5.69 Å². The summed E-state index contributed by atoms with van der Waals surface area (Å²) in [6.07, 6.45) is 1.75. The van der Waals surface area contributed by atoms with Crippen molar-refractivity contribution in [2.24, 2.45) is 0 Å². The first kappa shape index (κ1) is 20.1. The average Bonchev–Trinajstić information content (AvgIpc) is 3.09. The Labute approximate surface area is 186 Å². The molecule has 0 spiro atoms. The maximum Gasteiger partial charge on any atom is 0.300 e. The van der Waals surface area contributed by atoms with Crippen LogP contribution in [0.2, 0.25) is 0 Å². The van der Waals surface area contributed by atoms with E-state index < -0.39 is 17.7 Å². The van der Waals surface area contributed by atoms with Gasteiger partial charge in [0.1, 0.15) is 11.5 Å². The second-order valence-corrected chi connectivity index (χ2v) is 8.19. The topological polar surface area (TPSA) is 66.8 Å². The van der Waals surface area contributed by atoms with E-state index in [1.807, 2.05) is 61.5 Å². The van der Waals surface area contributed by atoms with Crippen molar-refractivity contribution < 1.29 is 19.4 Å². The summed E-state index contributed by atoms with van der Waals surface area (Å²) in [7, 11) is 0. The number of amides is 1. The van der Waals surface area contributed by atoms with Gasteiger partial charge in [-0.05, 0) is 61.2 Å². The number of aliphatic hydroxyl groups excluding tert-OH is 1. The molecule has 1 saturated heterocycles. The average molecular weight is 425 g/mol. The predicted octanol–water partition coefficient (Wildman–Crippen LogP) is 4.95. The van der Waals surface area contributed by atoms with Gasteiger partial charge in [-0.15, -0.1) is 0 Å². The Kier molecular flexibility index (Phi) is 5.02. The van der Waals surface area contributed by atoms with E-state index in [1.54, 1.807) is 18.2 Å². The molecular weight excluding hydrogens is 402 g/mol. The summed E-state index contributed by atoms with van der Waals surface area (Å²) in [4.78, 5) is 27.9. The summed E-state index contributed by atoms with van der Waals surface area (Å²) in [5.41, 5.74) is 3.99. The zero-order valence-corrected chi connectivity index (χ0v) is 17.7. The van der Waals surface area contributed by atoms with Crippen LogP contribution in [0, 0.1) is 6.92 Å². The molecule has 1 fully saturated rings. The Morgan fingerprint density at radius 3 is 2.59 bits per heavy atom. The number of carbonyl (C=O) groups excluding carboxylic acids is 2. The van der Waals surface area contributed by atoms with Gasteiger partial charge >= 0.3 is 0 Å². The number of hydrogen-bond donors (Lipinski definition) is 1. The fraction of sp³-hybridized carbons (Fsp3) is 0.185. The third kappa shape index (κ3) is 3.36. The van der Waals surface area contributed by atoms with Gasteiger partial charge in [0.05, 0.1) is 18.2 Å². The highest BCUT2D eigenvalue weighted by molar-refractivity contribution is 6.51. The normalized spacial score (nSPS) is 19.5. The highest BCUT2D eigenvalue weighted by Gasteiger charge is 2.47. The van der Waals surface area contributed by atoms with E-state index >= 15 is 0 Å². The zero-order chi connectivity index (χ0) is 22.2. The molecule has 0 aromatic heterocycles. The molecule has 1 unspecified atom stereocenters. The predicted molar refractivity (Wildman–Crippen MR) is 123 cm³/mol. The van der Waals surface area contributed by atoms with Gasteiger partial charge in [-0.3, -0.25) is 14.5 Å². The number of para-hydroxylation sites is 1. The molecule has 160 valence electrons. The van der Waals surface area contributed by atoms with Gasteiger partial charge in [-0.1, -0.05) is 48.0 Å². The molecule has 2 aliphatic rings. The van der Waals surface area contributed by atoms with Crippen LogP contribution in [-0.2, 0) is 16.0 Å². The summed E-state index contributed by atoms with van der Waals surface area (Å²) in [6.45, 7) is 2.63. The van der Waals surface area contributed by atoms with Gasteiger partial charge in [0.2, 0.25) is 0 Å². The number of aliphatic hydroxyl groups is 1. The van der Waals surface area contributed by atoms with Crippen LogP contribution in [0.1, 0.15) is 34.7 Å². The zero-order valence-electron chi connectivity index (χ0n) is 17.7. The van der Waals surface area contributed by atoms with Crippen LogP contribution in [0.15, 0.2) is 78.4 Å². The lowest BCUT2D eigenvalue weighted by molar-refractivity contribution is -0.132. The third-order valence-corrected chi connectivity index (χ3v) is 6.02. The highest BCUT2D eigenvalue weighted by Crippen LogP contribution is 2.42. The standard InChI is InChI=1S/C27H23NO4/c1-17-7-5-8-19(15-17)24-23(26(30)27(31)28(24)21-10-3-2-4-11-21)25(29)20-12-13-22-18(16-20)9-6-14-32-22/h2-5,7-8,10-13,15-16,24,29H,6,9,14H2,1H3/b25-23-. The lowest BCUT2D eigenvalue weighted by Crippen LogP contribution is -2.29. The largest absolute Gasteiger partial charge is 0.507 e. The van der Waals surface area contributed by atoms with E-state index in [2.05, 4.69) is 0 Å². The Balaban J connectivity index is 1.70. The summed E-state index contributed by atoms with van der Waals surface area (Å²) in [5.74, 6) is -0.702. The number of ketones is 1. The molecule has 3 aromatic carbocycles. The number of benzene rings is 3. The molecule has 5 rings (SSSR count). The smallest absolute Gasteiger partial charge is 0.300 e. The van der Waals surface area contributed by atoms with Crippen LogP contribution in [-0.4, -0.2) is 23.4 Å². The molecule has 3 aromatic rings. The van der Waals surface area contributed by atoms with Crippen LogP contribution in [0.25, 0.3) is 5.76 Å². The van der Waals surface area contributed by atoms with Crippen molar-refractivity contribution in [2.75, 3.05) is 11.5 Å². The van der Waals surface area contributed by atoms with Crippen molar-refractivity contribution in [1.82, 2.24) is 0 Å². The molecule has 5 heteroatoms. The second kappa shape index (κ2) is 8.00. The van der Waals surface area contributed by atoms with Crippen LogP contribution in [0.3, 0.4) is 0 Å². The van der Waals surface area contributed by atoms with Crippen LogP contribution in [0.5, 0.6) is 5.75 Å². The molecule has 2 aliphatic heterocycles. The lowest BCUT2D eigenvalue weighted by atomic mass is 9.93. The van der Waals surface area contributed by atoms with Gasteiger partial charge in [0, 0.05) is 11.3 Å². The SMILES string of the molecule is Cc1cccc(C2/C(=C(/O)c3ccc4c(c3)CCCO4)C(=O)C(=O)N2c2ccccc2)c1. The van der Waals surface area contributed by atoms with Gasteiger partial charge in [-0.2, -0.15) is 0 Å². The molecule has 5 nitrogen and oxygen atoms in total. The Bertz CT molecular complexity index is 1250. The Morgan fingerprint density at radius 2 is 1.81 bits per heavy atom. The molecule has 0 saturated carbocycles. The molecular formula is C27H23NO4. The molecule has 0 aliphatic carbocycles. The number of aryl methyl sites for hydroxylation is 2. The monoisotopic (exact) mass is 425 g/mol. The van der Waals surface area contributed by atoms with Gasteiger partial charge in [-0.25, -0.2) is 0 Å². The van der Waals surface area contributed by atoms with Crippen LogP contribution < -0.4 is 9.64 Å². The Morgan fingerprint density at radius 1 is 1.00 bits per heavy atom. The van der Waals surface area contributed by atoms with Crippen molar-refractivity contribution in [3.8, 4) is 5.75 Å². The Hall–Kier alpha value is -3.86. The fourth-order valence-corrected chi connectivity index (χ4v) is 4.51. The molecule has 2 heterocycles. The van der Waals surface area contributed by atoms with Crippen molar-refractivity contribution in [3.05, 3.63) is 101 Å². The summed E-state index contributed by atoms with van der Waals surface area (Å²) >= 11 is 0. The number of ether oxygens (including phenoxy) is 1. The maximum atomic E-state index is 13.2. The first-order chi connectivity index (χ1) is 15.5. The number of Topliss-reactive ketones (excluding diaryl/α,β-unsaturated/α-hetero) is 1. The summed E-state index contributed by atoms with van der Waals surface area (Å²) in [6, 6.07) is 21.5. The van der Waals surface area contributed by atoms with Gasteiger partial charge < -0.3 is 9.84 Å². The fourth-order valence-electron chi connectivity index (χ4n) is 4.51. The van der Waals surface area contributed by atoms with Crippen molar-refractivity contribution in [2.45, 2.75) is 25.8 Å². The minimum Gasteiger partial charge on any atom is -0.507 e. The van der Waals surface area contributed by atoms with E-state index in [9.17, 15) is 14.7 Å². The first-order valence-electron chi connectivity index (χ1n) is 10.7. The molecule has 0 radical (unpaired) electrons. The van der Waals surface area contributed by atoms with Gasteiger partial charge in [0.25, 0.3) is 11.7 Å². The number of carbonyl (C=O) groups is 2. The third-order valence-electron chi connectivity index (χ3n) is 6.02. The molecule has 1 N–H and O–H groups in total. The maximum absolute atomic E-state index is 13.2. The van der Waals surface area contributed by atoms with E-state index in [-0.39, 0.29) is 11.3 Å². The number of anilines is 1. The first-order valence-corrected chi connectivity index (χ1v) is 10.7. The minimum atomic E-state index is -0.718. The minimum absolute atomic E-state index is 0.0983. The lowest BCUT2D eigenvalue weighted by Gasteiger charge is -2.26. The van der Waals surface area contributed by atoms with Crippen molar-refractivity contribution in [1.29, 1.82) is 0 Å². The summed E-state index contributed by atoms with van der Waals surface area (Å²) in [5, 5.41) is 11.3. The van der Waals surface area contributed by atoms with E-state index in [1.165, 1.54) is 4.90 Å². The van der Waals surface area contributed by atoms with Crippen molar-refractivity contribution >= 4 is 23.1 Å². The van der Waals surface area contributed by atoms with E-state index in [0.717, 1.165) is 35.3 Å². The molecule has 1 amide bonds. The number of rotatable bonds is 3. The quantitative estimate of drug-likeness (QED) is 0.366. The summed E-state index contributed by atoms with van der Waals surface area (Å²) < 4.78 is 5.67. The second-order valence-electron chi connectivity index (χ2n) is 8.19. The molecule has 32 heavy (non-hydrogen) atoms. The van der Waals surface area contributed by atoms with Crippen LogP contribution >= 0.6 is 0 Å². The van der Waals surface area contributed by atoms with E-state index in [4.69, 9.17) is 4.74 Å².